The molecule has 0 amide bonds. The number of hydrogen-bond acceptors (Lipinski definition) is 2. The summed E-state index contributed by atoms with van der Waals surface area (Å²) in [5.74, 6) is 0.915. The largest absolute Gasteiger partial charge is 0.356 e. The fraction of sp³-hybridized carbons (Fsp3) is 1.00. The first-order chi connectivity index (χ1) is 7.33. The van der Waals surface area contributed by atoms with Gasteiger partial charge in [-0.25, -0.2) is 0 Å². The van der Waals surface area contributed by atoms with E-state index in [1.54, 1.807) is 7.11 Å². The van der Waals surface area contributed by atoms with Crippen molar-refractivity contribution in [3.05, 3.63) is 0 Å². The summed E-state index contributed by atoms with van der Waals surface area (Å²) in [5, 5.41) is 0. The van der Waals surface area contributed by atoms with E-state index in [0.717, 1.165) is 12.5 Å². The summed E-state index contributed by atoms with van der Waals surface area (Å²) in [6.07, 6.45) is 8.27. The summed E-state index contributed by atoms with van der Waals surface area (Å²) in [4.78, 5) is 0. The molecule has 0 aromatic rings. The van der Waals surface area contributed by atoms with Crippen molar-refractivity contribution in [3.8, 4) is 0 Å². The van der Waals surface area contributed by atoms with Gasteiger partial charge in [-0.3, -0.25) is 0 Å². The van der Waals surface area contributed by atoms with E-state index in [0.29, 0.717) is 0 Å². The first kappa shape index (κ1) is 14.9. The molecule has 0 N–H and O–H groups in total. The SMILES string of the molecule is CC.COC(C)OCCC1CCCCC1. The molecule has 1 aliphatic carbocycles. The van der Waals surface area contributed by atoms with E-state index in [2.05, 4.69) is 0 Å². The fourth-order valence-corrected chi connectivity index (χ4v) is 1.94. The maximum Gasteiger partial charge on any atom is 0.154 e. The van der Waals surface area contributed by atoms with Crippen molar-refractivity contribution in [2.24, 2.45) is 5.92 Å². The van der Waals surface area contributed by atoms with Crippen molar-refractivity contribution in [2.45, 2.75) is 65.6 Å². The van der Waals surface area contributed by atoms with E-state index in [1.807, 2.05) is 20.8 Å². The van der Waals surface area contributed by atoms with E-state index >= 15 is 0 Å². The Labute approximate surface area is 95.3 Å². The first-order valence-corrected chi connectivity index (χ1v) is 6.47. The molecule has 0 radical (unpaired) electrons. The van der Waals surface area contributed by atoms with E-state index in [9.17, 15) is 0 Å². The van der Waals surface area contributed by atoms with Gasteiger partial charge in [0, 0.05) is 13.7 Å². The van der Waals surface area contributed by atoms with Crippen LogP contribution in [0.2, 0.25) is 0 Å². The topological polar surface area (TPSA) is 18.5 Å². The molecule has 2 nitrogen and oxygen atoms in total. The van der Waals surface area contributed by atoms with Crippen LogP contribution in [0.15, 0.2) is 0 Å². The minimum atomic E-state index is -0.0383. The molecule has 0 spiro atoms. The van der Waals surface area contributed by atoms with Crippen LogP contribution in [0.25, 0.3) is 0 Å². The molecule has 1 saturated carbocycles. The normalized spacial score (nSPS) is 19.2. The van der Waals surface area contributed by atoms with Gasteiger partial charge in [0.25, 0.3) is 0 Å². The molecule has 0 heterocycles. The second-order valence-corrected chi connectivity index (χ2v) is 3.97. The average Bonchev–Trinajstić information content (AvgIpc) is 2.33. The Bertz CT molecular complexity index is 120. The van der Waals surface area contributed by atoms with E-state index < -0.39 is 0 Å². The third kappa shape index (κ3) is 7.80. The smallest absolute Gasteiger partial charge is 0.154 e. The predicted molar refractivity (Wildman–Crippen MR) is 65.0 cm³/mol. The molecule has 1 rings (SSSR count). The van der Waals surface area contributed by atoms with Gasteiger partial charge in [-0.2, -0.15) is 0 Å². The molecule has 1 atom stereocenters. The molecular formula is C13H28O2. The van der Waals surface area contributed by atoms with Gasteiger partial charge >= 0.3 is 0 Å². The van der Waals surface area contributed by atoms with Crippen LogP contribution in [0.4, 0.5) is 0 Å². The van der Waals surface area contributed by atoms with Crippen molar-refractivity contribution in [1.29, 1.82) is 0 Å². The highest BCUT2D eigenvalue weighted by molar-refractivity contribution is 4.65. The highest BCUT2D eigenvalue weighted by Crippen LogP contribution is 2.26. The van der Waals surface area contributed by atoms with Gasteiger partial charge in [0.2, 0.25) is 0 Å². The van der Waals surface area contributed by atoms with E-state index in [4.69, 9.17) is 9.47 Å². The minimum Gasteiger partial charge on any atom is -0.356 e. The van der Waals surface area contributed by atoms with Crippen LogP contribution < -0.4 is 0 Å². The van der Waals surface area contributed by atoms with Gasteiger partial charge in [-0.05, 0) is 19.3 Å². The highest BCUT2D eigenvalue weighted by atomic mass is 16.7. The third-order valence-corrected chi connectivity index (χ3v) is 2.94. The lowest BCUT2D eigenvalue weighted by Crippen LogP contribution is -2.15. The van der Waals surface area contributed by atoms with Gasteiger partial charge in [0.05, 0.1) is 0 Å². The molecule has 15 heavy (non-hydrogen) atoms. The number of rotatable bonds is 5. The van der Waals surface area contributed by atoms with Crippen molar-refractivity contribution in [3.63, 3.8) is 0 Å². The molecule has 1 aliphatic rings. The van der Waals surface area contributed by atoms with Crippen LogP contribution in [-0.4, -0.2) is 20.0 Å². The van der Waals surface area contributed by atoms with E-state index in [1.165, 1.54) is 38.5 Å². The molecule has 0 aromatic heterocycles. The zero-order valence-electron chi connectivity index (χ0n) is 10.9. The zero-order valence-corrected chi connectivity index (χ0v) is 10.9. The second-order valence-electron chi connectivity index (χ2n) is 3.97. The van der Waals surface area contributed by atoms with Crippen molar-refractivity contribution in [2.75, 3.05) is 13.7 Å². The Balaban J connectivity index is 0.000000921. The maximum atomic E-state index is 5.47. The van der Waals surface area contributed by atoms with Gasteiger partial charge in [-0.15, -0.1) is 0 Å². The summed E-state index contributed by atoms with van der Waals surface area (Å²) >= 11 is 0. The Morgan fingerprint density at radius 3 is 2.27 bits per heavy atom. The Morgan fingerprint density at radius 1 is 1.13 bits per heavy atom. The highest BCUT2D eigenvalue weighted by Gasteiger charge is 2.13. The van der Waals surface area contributed by atoms with Crippen LogP contribution in [0.5, 0.6) is 0 Å². The number of methoxy groups -OCH3 is 1. The molecule has 92 valence electrons. The summed E-state index contributed by atoms with van der Waals surface area (Å²) < 4.78 is 10.5. The zero-order chi connectivity index (χ0) is 11.5. The second kappa shape index (κ2) is 10.4. The van der Waals surface area contributed by atoms with Crippen LogP contribution in [0, 0.1) is 5.92 Å². The predicted octanol–water partition coefficient (Wildman–Crippen LogP) is 3.99. The summed E-state index contributed by atoms with van der Waals surface area (Å²) in [6, 6.07) is 0. The summed E-state index contributed by atoms with van der Waals surface area (Å²) in [7, 11) is 1.69. The summed E-state index contributed by atoms with van der Waals surface area (Å²) in [6.45, 7) is 6.81. The standard InChI is InChI=1S/C11H22O2.C2H6/c1-10(12-2)13-9-8-11-6-4-3-5-7-11;1-2/h10-11H,3-9H2,1-2H3;1-2H3. The van der Waals surface area contributed by atoms with Crippen LogP contribution in [0.3, 0.4) is 0 Å². The van der Waals surface area contributed by atoms with Crippen LogP contribution in [0.1, 0.15) is 59.3 Å². The lowest BCUT2D eigenvalue weighted by atomic mass is 9.87. The van der Waals surface area contributed by atoms with Gasteiger partial charge in [-0.1, -0.05) is 46.0 Å². The maximum absolute atomic E-state index is 5.47. The Kier molecular flexibility index (Phi) is 10.4. The first-order valence-electron chi connectivity index (χ1n) is 6.47. The molecule has 2 heteroatoms. The van der Waals surface area contributed by atoms with Gasteiger partial charge < -0.3 is 9.47 Å². The number of hydrogen-bond donors (Lipinski definition) is 0. The molecule has 1 unspecified atom stereocenters. The lowest BCUT2D eigenvalue weighted by molar-refractivity contribution is -0.113. The van der Waals surface area contributed by atoms with Gasteiger partial charge in [0.1, 0.15) is 0 Å². The lowest BCUT2D eigenvalue weighted by Gasteiger charge is -2.21. The monoisotopic (exact) mass is 216 g/mol. The average molecular weight is 216 g/mol. The molecule has 1 fully saturated rings. The van der Waals surface area contributed by atoms with Crippen molar-refractivity contribution < 1.29 is 9.47 Å². The number of ether oxygens (including phenoxy) is 2. The summed E-state index contributed by atoms with van der Waals surface area (Å²) in [5.41, 5.74) is 0. The van der Waals surface area contributed by atoms with E-state index in [-0.39, 0.29) is 6.29 Å². The molecular weight excluding hydrogens is 188 g/mol. The molecule has 0 bridgehead atoms. The minimum absolute atomic E-state index is 0.0383. The third-order valence-electron chi connectivity index (χ3n) is 2.94. The molecule has 0 aromatic carbocycles. The van der Waals surface area contributed by atoms with Crippen LogP contribution in [-0.2, 0) is 9.47 Å². The van der Waals surface area contributed by atoms with Crippen molar-refractivity contribution in [1.82, 2.24) is 0 Å². The Hall–Kier alpha value is -0.0800. The fourth-order valence-electron chi connectivity index (χ4n) is 1.94. The quantitative estimate of drug-likeness (QED) is 0.647. The Morgan fingerprint density at radius 2 is 1.73 bits per heavy atom. The van der Waals surface area contributed by atoms with Crippen molar-refractivity contribution >= 4 is 0 Å². The molecule has 0 aliphatic heterocycles. The molecule has 0 saturated heterocycles. The van der Waals surface area contributed by atoms with Gasteiger partial charge in [0.15, 0.2) is 6.29 Å². The van der Waals surface area contributed by atoms with Crippen LogP contribution >= 0.6 is 0 Å².